The average molecular weight is 1820 g/mol. The van der Waals surface area contributed by atoms with E-state index in [9.17, 15) is 26.2 Å². The summed E-state index contributed by atoms with van der Waals surface area (Å²) < 4.78 is 141. The van der Waals surface area contributed by atoms with Crippen molar-refractivity contribution in [3.8, 4) is 0 Å². The molecule has 0 amide bonds. The number of nitrogens with zero attached hydrogens (tertiary/aromatic N) is 9. The summed E-state index contributed by atoms with van der Waals surface area (Å²) in [5.74, 6) is -5.61. The second-order valence-corrected chi connectivity index (χ2v) is 31.7. The summed E-state index contributed by atoms with van der Waals surface area (Å²) >= 11 is 0. The molecule has 10 unspecified atom stereocenters. The van der Waals surface area contributed by atoms with Gasteiger partial charge in [0, 0.05) is 21.8 Å². The molecule has 0 aliphatic carbocycles. The summed E-state index contributed by atoms with van der Waals surface area (Å²) in [6.45, 7) is 1.55. The number of carbonyl (C=O) groups is 5. The molecular formula is C98H103N9O26. The number of methoxy groups -OCH3 is 3. The number of esters is 5. The lowest BCUT2D eigenvalue weighted by Gasteiger charge is -2.51. The highest BCUT2D eigenvalue weighted by Gasteiger charge is 2.61. The summed E-state index contributed by atoms with van der Waals surface area (Å²) in [6.07, 6.45) is -32.9. The summed E-state index contributed by atoms with van der Waals surface area (Å²) in [6, 6.07) is 74.5. The van der Waals surface area contributed by atoms with Gasteiger partial charge in [-0.25, -0.2) is 24.0 Å². The molecule has 0 spiro atoms. The van der Waals surface area contributed by atoms with Crippen molar-refractivity contribution in [1.29, 1.82) is 0 Å². The Morgan fingerprint density at radius 2 is 0.602 bits per heavy atom. The largest absolute Gasteiger partial charge is 0.467 e. The lowest BCUT2D eigenvalue weighted by atomic mass is 9.87. The van der Waals surface area contributed by atoms with Crippen molar-refractivity contribution in [2.24, 2.45) is 21.3 Å². The quantitative estimate of drug-likeness (QED) is 0.0113. The zero-order valence-electron chi connectivity index (χ0n) is 73.4. The van der Waals surface area contributed by atoms with E-state index < -0.39 is 196 Å². The molecule has 5 aliphatic rings. The highest BCUT2D eigenvalue weighted by atomic mass is 16.8. The molecule has 5 fully saturated rings. The Labute approximate surface area is 767 Å². The van der Waals surface area contributed by atoms with Gasteiger partial charge < -0.3 is 99.5 Å². The van der Waals surface area contributed by atoms with Crippen LogP contribution in [0, 0.1) is 5.92 Å². The first-order valence-electron chi connectivity index (χ1n) is 43.5. The van der Waals surface area contributed by atoms with Crippen LogP contribution >= 0.6 is 0 Å². The van der Waals surface area contributed by atoms with E-state index >= 15 is 14.4 Å². The molecule has 0 saturated carbocycles. The predicted molar refractivity (Wildman–Crippen MR) is 471 cm³/mol. The van der Waals surface area contributed by atoms with Gasteiger partial charge in [-0.1, -0.05) is 266 Å². The Morgan fingerprint density at radius 3 is 0.985 bits per heavy atom. The van der Waals surface area contributed by atoms with E-state index in [0.29, 0.717) is 22.3 Å². The van der Waals surface area contributed by atoms with E-state index in [0.717, 1.165) is 25.3 Å². The number of hydrogen-bond acceptors (Lipinski definition) is 29. The molecule has 696 valence electrons. The highest BCUT2D eigenvalue weighted by molar-refractivity contribution is 5.90. The number of ether oxygens (including phenoxy) is 21. The zero-order valence-corrected chi connectivity index (χ0v) is 73.4. The standard InChI is InChI=1S/C98H103N9O26/c1-6-70-76(128-97-87(121-57-66-44-26-12-27-45-66)81(119-55-64-40-22-10-23-41-64)83(85(132-97)92(111)113-3)131-96-75(104-107-101)79(117-53-62-36-18-8-19-37-62)77(116-52-61-34-16-7-17-35-61)71(126-96)58-122-89(108)67-46-28-13-29-47-67)60(2)73(102-105-99)95(124-70)130-84-82(120-56-65-42-24-11-25-43-65)88(127-91(110)69-50-32-15-33-51-69)98(133-86(84)93(112)114-4)129-78-72(59-123-90(109)68-48-30-14-31-49-68)125-94(115-5)74(103-106-100)80(78)118-54-63-38-20-9-21-39-63/h7-51,60,70-88,94-98H,6,52-59H2,1-5H3/t60-,70?,71?,72?,73?,74?,75?,76+,77+,78-,79+,80+,81-,82+,83+,84-,85?,86?,87?,88?,94+,95+,96-,97-,98-/m1/s1. The monoisotopic (exact) mass is 1820 g/mol. The molecule has 25 atom stereocenters. The van der Waals surface area contributed by atoms with Crippen LogP contribution in [0.25, 0.3) is 31.3 Å². The Kier molecular flexibility index (Phi) is 35.5. The average Bonchev–Trinajstić information content (AvgIpc) is 0.754. The van der Waals surface area contributed by atoms with Gasteiger partial charge in [0.15, 0.2) is 49.8 Å². The van der Waals surface area contributed by atoms with Crippen molar-refractivity contribution in [2.45, 2.75) is 207 Å². The maximum absolute atomic E-state index is 15.2. The third-order valence-electron chi connectivity index (χ3n) is 23.2. The zero-order chi connectivity index (χ0) is 92.8. The van der Waals surface area contributed by atoms with Gasteiger partial charge in [-0.2, -0.15) is 0 Å². The SMILES string of the molecule is CCC1O[C@@H](O[C@H]2C(C(=O)OC)O[C@@H](O[C@@H]3C(COC(=O)c4ccccc4)O[C@H](OC)C(N=[N+]=[N-])[C@@H]3OCc3ccccc3)C(OC(=O)c3ccccc3)[C@H]2OCc2ccccc2)C(N=[N+]=[N-])[C@@H](C)[C@@H]1O[C@@H]1OC(C(=O)OC)[C@@H](O[C@H]2OC(COC(=O)c3ccccc3)[C@H](OCc3ccccc3)[C@@H](OCc3ccccc3)C2N=[N+]=[N-])[C@@H](OCc2ccccc2)C1OCc1ccccc1. The molecule has 5 saturated heterocycles. The molecule has 35 nitrogen and oxygen atoms in total. The Balaban J connectivity index is 0.834. The lowest BCUT2D eigenvalue weighted by Crippen LogP contribution is -2.68. The normalized spacial score (nSPS) is 28.4. The van der Waals surface area contributed by atoms with Gasteiger partial charge in [0.25, 0.3) is 0 Å². The fraction of sp³-hybridized carbons (Fsp3) is 0.398. The molecule has 0 N–H and O–H groups in total. The number of azide groups is 3. The van der Waals surface area contributed by atoms with Crippen LogP contribution in [0.15, 0.2) is 288 Å². The second kappa shape index (κ2) is 48.9. The van der Waals surface area contributed by atoms with Gasteiger partial charge in [-0.15, -0.1) is 0 Å². The summed E-state index contributed by atoms with van der Waals surface area (Å²) in [4.78, 5) is 83.4. The van der Waals surface area contributed by atoms with E-state index in [-0.39, 0.29) is 62.8 Å². The second-order valence-electron chi connectivity index (χ2n) is 31.7. The van der Waals surface area contributed by atoms with E-state index in [2.05, 4.69) is 30.1 Å². The Bertz CT molecular complexity index is 5310. The summed E-state index contributed by atoms with van der Waals surface area (Å²) in [5.41, 5.74) is 36.4. The van der Waals surface area contributed by atoms with Crippen LogP contribution in [0.4, 0.5) is 0 Å². The molecule has 0 radical (unpaired) electrons. The van der Waals surface area contributed by atoms with Crippen molar-refractivity contribution in [3.63, 3.8) is 0 Å². The van der Waals surface area contributed by atoms with E-state index in [1.165, 1.54) is 19.2 Å². The molecule has 35 heteroatoms. The summed E-state index contributed by atoms with van der Waals surface area (Å²) in [5, 5.41) is 12.8. The van der Waals surface area contributed by atoms with Gasteiger partial charge in [-0.05, 0) is 98.7 Å². The van der Waals surface area contributed by atoms with Crippen molar-refractivity contribution < 1.29 is 123 Å². The van der Waals surface area contributed by atoms with Crippen LogP contribution < -0.4 is 0 Å². The maximum Gasteiger partial charge on any atom is 0.338 e. The summed E-state index contributed by atoms with van der Waals surface area (Å²) in [7, 11) is 3.55. The molecule has 5 aliphatic heterocycles. The minimum absolute atomic E-state index is 0.0236. The third-order valence-corrected chi connectivity index (χ3v) is 23.2. The van der Waals surface area contributed by atoms with E-state index in [1.807, 2.05) is 127 Å². The van der Waals surface area contributed by atoms with Crippen molar-refractivity contribution in [2.75, 3.05) is 34.5 Å². The highest BCUT2D eigenvalue weighted by Crippen LogP contribution is 2.44. The molecule has 9 aromatic carbocycles. The molecule has 133 heavy (non-hydrogen) atoms. The maximum atomic E-state index is 15.2. The minimum Gasteiger partial charge on any atom is -0.467 e. The minimum atomic E-state index is -1.98. The first kappa shape index (κ1) is 96.7. The number of rotatable bonds is 41. The number of carbonyl (C=O) groups excluding carboxylic acids is 5. The molecular weight excluding hydrogens is 1720 g/mol. The molecule has 9 aromatic rings. The van der Waals surface area contributed by atoms with Crippen LogP contribution in [0.1, 0.15) is 84.7 Å². The first-order valence-corrected chi connectivity index (χ1v) is 43.5. The molecule has 0 aromatic heterocycles. The van der Waals surface area contributed by atoms with E-state index in [4.69, 9.17) is 99.5 Å². The number of hydrogen-bond donors (Lipinski definition) is 0. The van der Waals surface area contributed by atoms with Gasteiger partial charge in [0.2, 0.25) is 0 Å². The number of benzene rings is 9. The van der Waals surface area contributed by atoms with Crippen molar-refractivity contribution in [1.82, 2.24) is 0 Å². The topological polar surface area (TPSA) is 425 Å². The van der Waals surface area contributed by atoms with E-state index in [1.54, 1.807) is 147 Å². The first-order chi connectivity index (χ1) is 65.2. The van der Waals surface area contributed by atoms with Gasteiger partial charge in [0.05, 0.1) is 88.8 Å². The lowest BCUT2D eigenvalue weighted by molar-refractivity contribution is -0.378. The van der Waals surface area contributed by atoms with Crippen LogP contribution in [0.5, 0.6) is 0 Å². The van der Waals surface area contributed by atoms with Crippen LogP contribution in [-0.2, 0) is 149 Å². The Hall–Kier alpha value is -12.4. The predicted octanol–water partition coefficient (Wildman–Crippen LogP) is 14.7. The molecule has 0 bridgehead atoms. The fourth-order valence-corrected chi connectivity index (χ4v) is 16.5. The van der Waals surface area contributed by atoms with Crippen LogP contribution in [0.3, 0.4) is 0 Å². The fourth-order valence-electron chi connectivity index (χ4n) is 16.5. The van der Waals surface area contributed by atoms with Gasteiger partial charge >= 0.3 is 29.8 Å². The Morgan fingerprint density at radius 1 is 0.308 bits per heavy atom. The third kappa shape index (κ3) is 25.1. The smallest absolute Gasteiger partial charge is 0.338 e. The van der Waals surface area contributed by atoms with Crippen LogP contribution in [0.2, 0.25) is 0 Å². The molecule has 14 rings (SSSR count). The van der Waals surface area contributed by atoms with Crippen molar-refractivity contribution >= 4 is 29.8 Å². The molecule has 5 heterocycles. The van der Waals surface area contributed by atoms with Crippen molar-refractivity contribution in [3.05, 3.63) is 354 Å². The van der Waals surface area contributed by atoms with Gasteiger partial charge in [-0.3, -0.25) is 0 Å². The van der Waals surface area contributed by atoms with Gasteiger partial charge in [0.1, 0.15) is 92.4 Å². The van der Waals surface area contributed by atoms with Crippen LogP contribution in [-0.4, -0.2) is 212 Å².